The highest BCUT2D eigenvalue weighted by molar-refractivity contribution is 7.15. The van der Waals surface area contributed by atoms with Gasteiger partial charge in [0.1, 0.15) is 29.7 Å². The second-order valence-corrected chi connectivity index (χ2v) is 8.88. The molecule has 9 nitrogen and oxygen atoms in total. The first-order valence-electron chi connectivity index (χ1n) is 11.5. The lowest BCUT2D eigenvalue weighted by atomic mass is 10.1. The number of benzene rings is 3. The maximum Gasteiger partial charge on any atom is 0.257 e. The van der Waals surface area contributed by atoms with E-state index >= 15 is 0 Å². The summed E-state index contributed by atoms with van der Waals surface area (Å²) in [6.45, 7) is 2.72. The average Bonchev–Trinajstić information content (AvgIpc) is 3.34. The molecule has 0 fully saturated rings. The number of anilines is 1. The van der Waals surface area contributed by atoms with Gasteiger partial charge in [-0.1, -0.05) is 47.7 Å². The zero-order chi connectivity index (χ0) is 25.9. The molecule has 0 unspecified atom stereocenters. The lowest BCUT2D eigenvalue weighted by Gasteiger charge is -2.08. The van der Waals surface area contributed by atoms with E-state index in [1.165, 1.54) is 6.21 Å². The van der Waals surface area contributed by atoms with Gasteiger partial charge in [0.05, 0.1) is 12.6 Å². The van der Waals surface area contributed by atoms with E-state index < -0.39 is 0 Å². The van der Waals surface area contributed by atoms with Crippen LogP contribution in [-0.2, 0) is 11.2 Å². The Balaban J connectivity index is 1.17. The fraction of sp³-hybridized carbons (Fsp3) is 0.148. The van der Waals surface area contributed by atoms with Crippen molar-refractivity contribution in [1.29, 1.82) is 0 Å². The first-order chi connectivity index (χ1) is 18.1. The zero-order valence-corrected chi connectivity index (χ0v) is 20.9. The molecule has 37 heavy (non-hydrogen) atoms. The molecule has 3 aromatic carbocycles. The molecule has 0 aliphatic carbocycles. The van der Waals surface area contributed by atoms with Crippen LogP contribution in [0.25, 0.3) is 0 Å². The van der Waals surface area contributed by atoms with Crippen LogP contribution >= 0.6 is 11.3 Å². The summed E-state index contributed by atoms with van der Waals surface area (Å²) in [7, 11) is 0. The standard InChI is InChI=1S/C27H25N5O4S/c1-19-7-5-6-10-23(19)26(34)29-27-32-31-25(37-27)17-24(33)30-28-18-20-11-13-22(14-12-20)36-16-15-35-21-8-3-2-4-9-21/h2-14,18H,15-17H2,1H3,(H,30,33)(H,29,32,34). The Morgan fingerprint density at radius 2 is 1.57 bits per heavy atom. The normalized spacial score (nSPS) is 10.7. The van der Waals surface area contributed by atoms with Gasteiger partial charge >= 0.3 is 0 Å². The van der Waals surface area contributed by atoms with Gasteiger partial charge in [-0.2, -0.15) is 5.10 Å². The molecule has 0 atom stereocenters. The number of carbonyl (C=O) groups excluding carboxylic acids is 2. The Kier molecular flexibility index (Phi) is 8.92. The lowest BCUT2D eigenvalue weighted by molar-refractivity contribution is -0.120. The minimum Gasteiger partial charge on any atom is -0.490 e. The maximum atomic E-state index is 12.4. The Labute approximate surface area is 218 Å². The SMILES string of the molecule is Cc1ccccc1C(=O)Nc1nnc(CC(=O)NN=Cc2ccc(OCCOc3ccccc3)cc2)s1. The van der Waals surface area contributed by atoms with Gasteiger partial charge in [-0.05, 0) is 60.5 Å². The molecule has 0 saturated carbocycles. The van der Waals surface area contributed by atoms with Crippen molar-refractivity contribution in [2.24, 2.45) is 5.10 Å². The summed E-state index contributed by atoms with van der Waals surface area (Å²) in [5.74, 6) is 0.893. The third-order valence-electron chi connectivity index (χ3n) is 5.04. The summed E-state index contributed by atoms with van der Waals surface area (Å²) < 4.78 is 11.3. The number of amides is 2. The highest BCUT2D eigenvalue weighted by Gasteiger charge is 2.13. The first-order valence-corrected chi connectivity index (χ1v) is 12.3. The van der Waals surface area contributed by atoms with Crippen molar-refractivity contribution >= 4 is 34.5 Å². The van der Waals surface area contributed by atoms with Crippen LogP contribution < -0.4 is 20.2 Å². The van der Waals surface area contributed by atoms with Crippen molar-refractivity contribution in [1.82, 2.24) is 15.6 Å². The van der Waals surface area contributed by atoms with Crippen LogP contribution in [0.1, 0.15) is 26.5 Å². The minimum atomic E-state index is -0.345. The van der Waals surface area contributed by atoms with E-state index in [-0.39, 0.29) is 18.2 Å². The number of rotatable bonds is 11. The third-order valence-corrected chi connectivity index (χ3v) is 5.87. The summed E-state index contributed by atoms with van der Waals surface area (Å²) in [6, 6.07) is 24.1. The summed E-state index contributed by atoms with van der Waals surface area (Å²) in [6.07, 6.45) is 1.53. The molecule has 1 aromatic heterocycles. The van der Waals surface area contributed by atoms with Gasteiger partial charge in [-0.3, -0.25) is 14.9 Å². The van der Waals surface area contributed by atoms with E-state index in [0.717, 1.165) is 28.2 Å². The van der Waals surface area contributed by atoms with Gasteiger partial charge in [-0.15, -0.1) is 10.2 Å². The number of hydrazone groups is 1. The van der Waals surface area contributed by atoms with Crippen LogP contribution in [0.3, 0.4) is 0 Å². The predicted molar refractivity (Wildman–Crippen MR) is 142 cm³/mol. The molecule has 188 valence electrons. The topological polar surface area (TPSA) is 115 Å². The molecule has 4 aromatic rings. The number of hydrogen-bond acceptors (Lipinski definition) is 8. The molecule has 0 bridgehead atoms. The van der Waals surface area contributed by atoms with Crippen molar-refractivity contribution in [3.05, 3.63) is 101 Å². The summed E-state index contributed by atoms with van der Waals surface area (Å²) in [4.78, 5) is 24.6. The lowest BCUT2D eigenvalue weighted by Crippen LogP contribution is -2.19. The quantitative estimate of drug-likeness (QED) is 0.175. The number of para-hydroxylation sites is 1. The van der Waals surface area contributed by atoms with Crippen molar-refractivity contribution < 1.29 is 19.1 Å². The zero-order valence-electron chi connectivity index (χ0n) is 20.1. The molecule has 0 spiro atoms. The van der Waals surface area contributed by atoms with Gasteiger partial charge in [0.25, 0.3) is 5.91 Å². The Morgan fingerprint density at radius 3 is 2.30 bits per heavy atom. The highest BCUT2D eigenvalue weighted by atomic mass is 32.1. The van der Waals surface area contributed by atoms with E-state index in [9.17, 15) is 9.59 Å². The van der Waals surface area contributed by atoms with E-state index in [0.29, 0.717) is 34.7 Å². The van der Waals surface area contributed by atoms with Crippen LogP contribution in [0, 0.1) is 6.92 Å². The van der Waals surface area contributed by atoms with Gasteiger partial charge in [0.15, 0.2) is 0 Å². The second kappa shape index (κ2) is 12.9. The molecular weight excluding hydrogens is 490 g/mol. The molecule has 1 heterocycles. The Morgan fingerprint density at radius 1 is 0.892 bits per heavy atom. The number of nitrogens with zero attached hydrogens (tertiary/aromatic N) is 3. The van der Waals surface area contributed by atoms with Crippen LogP contribution in [0.4, 0.5) is 5.13 Å². The number of nitrogens with one attached hydrogen (secondary N) is 2. The summed E-state index contributed by atoms with van der Waals surface area (Å²) in [5.41, 5.74) is 4.68. The number of aromatic nitrogens is 2. The van der Waals surface area contributed by atoms with Crippen LogP contribution in [0.5, 0.6) is 11.5 Å². The molecule has 0 radical (unpaired) electrons. The van der Waals surface area contributed by atoms with Gasteiger partial charge in [0.2, 0.25) is 11.0 Å². The van der Waals surface area contributed by atoms with E-state index in [2.05, 4.69) is 26.0 Å². The Hall–Kier alpha value is -4.57. The fourth-order valence-electron chi connectivity index (χ4n) is 3.21. The molecule has 0 aliphatic rings. The van der Waals surface area contributed by atoms with E-state index in [1.54, 1.807) is 12.1 Å². The monoisotopic (exact) mass is 515 g/mol. The molecular formula is C27H25N5O4S. The van der Waals surface area contributed by atoms with Gasteiger partial charge in [0, 0.05) is 5.56 Å². The van der Waals surface area contributed by atoms with Crippen LogP contribution in [0.2, 0.25) is 0 Å². The highest BCUT2D eigenvalue weighted by Crippen LogP contribution is 2.18. The largest absolute Gasteiger partial charge is 0.490 e. The van der Waals surface area contributed by atoms with Crippen molar-refractivity contribution in [3.8, 4) is 11.5 Å². The number of carbonyl (C=O) groups is 2. The van der Waals surface area contributed by atoms with Crippen molar-refractivity contribution in [2.45, 2.75) is 13.3 Å². The van der Waals surface area contributed by atoms with Crippen LogP contribution in [-0.4, -0.2) is 41.4 Å². The van der Waals surface area contributed by atoms with Crippen LogP contribution in [0.15, 0.2) is 84.0 Å². The van der Waals surface area contributed by atoms with Gasteiger partial charge < -0.3 is 9.47 Å². The number of hydrogen-bond donors (Lipinski definition) is 2. The minimum absolute atomic E-state index is 0.00687. The fourth-order valence-corrected chi connectivity index (χ4v) is 3.94. The molecule has 0 saturated heterocycles. The van der Waals surface area contributed by atoms with Crippen molar-refractivity contribution in [3.63, 3.8) is 0 Å². The number of ether oxygens (including phenoxy) is 2. The maximum absolute atomic E-state index is 12.4. The van der Waals surface area contributed by atoms with Gasteiger partial charge in [-0.25, -0.2) is 5.43 Å². The predicted octanol–water partition coefficient (Wildman–Crippen LogP) is 4.25. The Bertz CT molecular complexity index is 1360. The average molecular weight is 516 g/mol. The van der Waals surface area contributed by atoms with E-state index in [1.807, 2.05) is 73.7 Å². The number of aryl methyl sites for hydroxylation is 1. The smallest absolute Gasteiger partial charge is 0.257 e. The first kappa shape index (κ1) is 25.5. The second-order valence-electron chi connectivity index (χ2n) is 7.82. The van der Waals surface area contributed by atoms with Crippen molar-refractivity contribution in [2.75, 3.05) is 18.5 Å². The van der Waals surface area contributed by atoms with E-state index in [4.69, 9.17) is 9.47 Å². The molecule has 0 aliphatic heterocycles. The molecule has 4 rings (SSSR count). The molecule has 2 amide bonds. The molecule has 10 heteroatoms. The third kappa shape index (κ3) is 7.97. The summed E-state index contributed by atoms with van der Waals surface area (Å²) in [5, 5.41) is 15.4. The molecule has 2 N–H and O–H groups in total. The summed E-state index contributed by atoms with van der Waals surface area (Å²) >= 11 is 1.14.